The van der Waals surface area contributed by atoms with Gasteiger partial charge in [0.15, 0.2) is 0 Å². The van der Waals surface area contributed by atoms with E-state index in [1.165, 1.54) is 11.3 Å². The minimum Gasteiger partial charge on any atom is -0.492 e. The van der Waals surface area contributed by atoms with Gasteiger partial charge in [-0.3, -0.25) is 9.59 Å². The van der Waals surface area contributed by atoms with Crippen molar-refractivity contribution in [2.75, 3.05) is 6.61 Å². The van der Waals surface area contributed by atoms with E-state index in [-0.39, 0.29) is 18.6 Å². The molecule has 9 heteroatoms. The van der Waals surface area contributed by atoms with Crippen LogP contribution >= 0.6 is 34.5 Å². The van der Waals surface area contributed by atoms with E-state index in [1.54, 1.807) is 29.6 Å². The summed E-state index contributed by atoms with van der Waals surface area (Å²) in [5, 5.41) is 2.73. The number of ether oxygens (including phenoxy) is 2. The molecule has 2 aromatic heterocycles. The number of nitrogens with zero attached hydrogens (tertiary/aromatic N) is 1. The van der Waals surface area contributed by atoms with Gasteiger partial charge < -0.3 is 14.5 Å². The van der Waals surface area contributed by atoms with Gasteiger partial charge in [-0.15, -0.1) is 11.3 Å². The van der Waals surface area contributed by atoms with E-state index in [2.05, 4.69) is 9.97 Å². The minimum absolute atomic E-state index is 0.0796. The molecule has 0 aliphatic rings. The second kappa shape index (κ2) is 8.53. The monoisotopic (exact) mass is 412 g/mol. The molecule has 0 unspecified atom stereocenters. The highest BCUT2D eigenvalue weighted by Crippen LogP contribution is 2.27. The van der Waals surface area contributed by atoms with Crippen molar-refractivity contribution < 1.29 is 14.3 Å². The third-order valence-electron chi connectivity index (χ3n) is 3.41. The first-order valence-electron chi connectivity index (χ1n) is 7.73. The van der Waals surface area contributed by atoms with Gasteiger partial charge in [0.05, 0.1) is 17.1 Å². The molecule has 0 saturated heterocycles. The molecule has 0 amide bonds. The third kappa shape index (κ3) is 4.75. The Hall–Kier alpha value is -2.09. The molecular formula is C17H14Cl2N2O4S. The van der Waals surface area contributed by atoms with E-state index < -0.39 is 5.97 Å². The van der Waals surface area contributed by atoms with Crippen LogP contribution in [0.5, 0.6) is 5.75 Å². The zero-order valence-corrected chi connectivity index (χ0v) is 15.8. The van der Waals surface area contributed by atoms with Crippen LogP contribution < -0.4 is 10.3 Å². The van der Waals surface area contributed by atoms with Crippen LogP contribution in [0.4, 0.5) is 0 Å². The lowest BCUT2D eigenvalue weighted by molar-refractivity contribution is -0.145. The molecule has 0 aliphatic carbocycles. The third-order valence-corrected chi connectivity index (χ3v) is 4.84. The van der Waals surface area contributed by atoms with Crippen molar-refractivity contribution in [1.82, 2.24) is 9.97 Å². The molecule has 3 rings (SSSR count). The highest BCUT2D eigenvalue weighted by molar-refractivity contribution is 7.17. The summed E-state index contributed by atoms with van der Waals surface area (Å²) in [4.78, 5) is 30.5. The Morgan fingerprint density at radius 2 is 2.12 bits per heavy atom. The molecule has 0 saturated carbocycles. The average molecular weight is 413 g/mol. The van der Waals surface area contributed by atoms with Gasteiger partial charge in [-0.2, -0.15) is 0 Å². The number of aromatic amines is 1. The number of aromatic nitrogens is 2. The van der Waals surface area contributed by atoms with Crippen molar-refractivity contribution in [3.05, 3.63) is 55.9 Å². The Balaban J connectivity index is 1.43. The second-order valence-electron chi connectivity index (χ2n) is 5.34. The zero-order valence-electron chi connectivity index (χ0n) is 13.5. The molecule has 6 nitrogen and oxygen atoms in total. The highest BCUT2D eigenvalue weighted by Gasteiger charge is 2.09. The summed E-state index contributed by atoms with van der Waals surface area (Å²) in [5.41, 5.74) is 0.363. The summed E-state index contributed by atoms with van der Waals surface area (Å²) >= 11 is 13.1. The molecule has 3 aromatic rings. The number of hydrogen-bond donors (Lipinski definition) is 1. The number of nitrogens with one attached hydrogen (secondary N) is 1. The van der Waals surface area contributed by atoms with Crippen molar-refractivity contribution in [3.8, 4) is 5.75 Å². The summed E-state index contributed by atoms with van der Waals surface area (Å²) in [7, 11) is 0. The van der Waals surface area contributed by atoms with Crippen LogP contribution in [0.3, 0.4) is 0 Å². The Bertz CT molecular complexity index is 986. The topological polar surface area (TPSA) is 81.3 Å². The smallest absolute Gasteiger partial charge is 0.306 e. The number of carbonyl (C=O) groups excluding carboxylic acids is 1. The van der Waals surface area contributed by atoms with Gasteiger partial charge in [-0.1, -0.05) is 23.2 Å². The van der Waals surface area contributed by atoms with E-state index in [0.29, 0.717) is 44.9 Å². The molecule has 136 valence electrons. The fraction of sp³-hybridized carbons (Fsp3) is 0.235. The summed E-state index contributed by atoms with van der Waals surface area (Å²) in [6, 6.07) is 6.69. The number of fused-ring (bicyclic) bond motifs is 1. The normalized spacial score (nSPS) is 10.8. The molecule has 0 aliphatic heterocycles. The Morgan fingerprint density at radius 1 is 1.27 bits per heavy atom. The lowest BCUT2D eigenvalue weighted by Crippen LogP contribution is -2.13. The number of esters is 1. The number of halogens is 2. The van der Waals surface area contributed by atoms with E-state index in [9.17, 15) is 9.59 Å². The molecule has 1 N–H and O–H groups in total. The number of benzene rings is 1. The van der Waals surface area contributed by atoms with Crippen molar-refractivity contribution in [3.63, 3.8) is 0 Å². The summed E-state index contributed by atoms with van der Waals surface area (Å²) in [6.45, 7) is 0.232. The van der Waals surface area contributed by atoms with Crippen molar-refractivity contribution in [2.45, 2.75) is 19.4 Å². The van der Waals surface area contributed by atoms with E-state index in [0.717, 1.165) is 0 Å². The number of thiophene rings is 1. The van der Waals surface area contributed by atoms with Gasteiger partial charge in [-0.05, 0) is 36.1 Å². The van der Waals surface area contributed by atoms with Crippen LogP contribution in [0.1, 0.15) is 18.7 Å². The molecule has 1 aromatic carbocycles. The largest absolute Gasteiger partial charge is 0.492 e. The standard InChI is InChI=1S/C17H14Cl2N2O4S/c18-10-3-4-13(11(19)8-10)24-6-1-2-15(22)25-9-14-20-12-5-7-26-16(12)17(23)21-14/h3-5,7-8H,1-2,6,9H2,(H,20,21,23). The maximum atomic E-state index is 11.8. The zero-order chi connectivity index (χ0) is 18.5. The van der Waals surface area contributed by atoms with Crippen molar-refractivity contribution >= 4 is 50.7 Å². The van der Waals surface area contributed by atoms with Crippen LogP contribution in [0.25, 0.3) is 10.2 Å². The average Bonchev–Trinajstić information content (AvgIpc) is 3.07. The van der Waals surface area contributed by atoms with Gasteiger partial charge in [-0.25, -0.2) is 4.98 Å². The number of H-pyrrole nitrogens is 1. The molecule has 0 radical (unpaired) electrons. The van der Waals surface area contributed by atoms with E-state index in [1.807, 2.05) is 0 Å². The summed E-state index contributed by atoms with van der Waals surface area (Å²) < 4.78 is 11.2. The number of carbonyl (C=O) groups is 1. The van der Waals surface area contributed by atoms with Crippen molar-refractivity contribution in [1.29, 1.82) is 0 Å². The molecular weight excluding hydrogens is 399 g/mol. The first kappa shape index (κ1) is 18.7. The maximum absolute atomic E-state index is 11.8. The predicted octanol–water partition coefficient (Wildman–Crippen LogP) is 4.19. The van der Waals surface area contributed by atoms with E-state index >= 15 is 0 Å². The Morgan fingerprint density at radius 3 is 2.92 bits per heavy atom. The van der Waals surface area contributed by atoms with Gasteiger partial charge in [0.1, 0.15) is 22.9 Å². The van der Waals surface area contributed by atoms with Crippen LogP contribution in [-0.4, -0.2) is 22.5 Å². The molecule has 0 bridgehead atoms. The predicted molar refractivity (Wildman–Crippen MR) is 101 cm³/mol. The highest BCUT2D eigenvalue weighted by atomic mass is 35.5. The quantitative estimate of drug-likeness (QED) is 0.464. The second-order valence-corrected chi connectivity index (χ2v) is 7.09. The van der Waals surface area contributed by atoms with Crippen LogP contribution in [-0.2, 0) is 16.1 Å². The van der Waals surface area contributed by atoms with Crippen LogP contribution in [0, 0.1) is 0 Å². The van der Waals surface area contributed by atoms with Crippen molar-refractivity contribution in [2.24, 2.45) is 0 Å². The fourth-order valence-corrected chi connectivity index (χ4v) is 3.39. The molecule has 0 spiro atoms. The van der Waals surface area contributed by atoms with Crippen LogP contribution in [0.2, 0.25) is 10.0 Å². The summed E-state index contributed by atoms with van der Waals surface area (Å²) in [5.74, 6) is 0.428. The lowest BCUT2D eigenvalue weighted by atomic mass is 10.3. The fourth-order valence-electron chi connectivity index (χ4n) is 2.20. The van der Waals surface area contributed by atoms with Gasteiger partial charge >= 0.3 is 5.97 Å². The molecule has 2 heterocycles. The molecule has 26 heavy (non-hydrogen) atoms. The lowest BCUT2D eigenvalue weighted by Gasteiger charge is -2.08. The number of hydrogen-bond acceptors (Lipinski definition) is 6. The minimum atomic E-state index is -0.399. The van der Waals surface area contributed by atoms with Gasteiger partial charge in [0, 0.05) is 11.4 Å². The Kier molecular flexibility index (Phi) is 6.13. The number of rotatable bonds is 7. The SMILES string of the molecule is O=C(CCCOc1ccc(Cl)cc1Cl)OCc1nc2ccsc2c(=O)[nH]1. The summed E-state index contributed by atoms with van der Waals surface area (Å²) in [6.07, 6.45) is 0.640. The first-order chi connectivity index (χ1) is 12.5. The maximum Gasteiger partial charge on any atom is 0.306 e. The van der Waals surface area contributed by atoms with Gasteiger partial charge in [0.2, 0.25) is 0 Å². The molecule has 0 atom stereocenters. The van der Waals surface area contributed by atoms with E-state index in [4.69, 9.17) is 32.7 Å². The van der Waals surface area contributed by atoms with Gasteiger partial charge in [0.25, 0.3) is 5.56 Å². The first-order valence-corrected chi connectivity index (χ1v) is 9.36. The Labute approximate surface area is 162 Å². The van der Waals surface area contributed by atoms with Crippen LogP contribution in [0.15, 0.2) is 34.4 Å². The molecule has 0 fully saturated rings.